The van der Waals surface area contributed by atoms with Crippen LogP contribution in [0.15, 0.2) is 79.1 Å². The van der Waals surface area contributed by atoms with Crippen LogP contribution < -0.4 is 14.8 Å². The van der Waals surface area contributed by atoms with Crippen LogP contribution in [0.25, 0.3) is 0 Å². The van der Waals surface area contributed by atoms with Gasteiger partial charge in [-0.15, -0.1) is 0 Å². The van der Waals surface area contributed by atoms with Crippen LogP contribution in [0.5, 0.6) is 11.5 Å². The molecule has 1 aromatic heterocycles. The van der Waals surface area contributed by atoms with Crippen molar-refractivity contribution in [1.82, 2.24) is 9.78 Å². The van der Waals surface area contributed by atoms with Crippen molar-refractivity contribution in [3.05, 3.63) is 106 Å². The van der Waals surface area contributed by atoms with Gasteiger partial charge in [0.25, 0.3) is 5.91 Å². The lowest BCUT2D eigenvalue weighted by Crippen LogP contribution is -2.12. The molecule has 0 atom stereocenters. The Morgan fingerprint density at radius 1 is 1.06 bits per heavy atom. The van der Waals surface area contributed by atoms with Crippen molar-refractivity contribution in [2.45, 2.75) is 20.1 Å². The summed E-state index contributed by atoms with van der Waals surface area (Å²) >= 11 is 6.00. The molecule has 6 nitrogen and oxygen atoms in total. The summed E-state index contributed by atoms with van der Waals surface area (Å²) in [7, 11) is 1.64. The average molecular weight is 462 g/mol. The van der Waals surface area contributed by atoms with Crippen molar-refractivity contribution >= 4 is 23.2 Å². The summed E-state index contributed by atoms with van der Waals surface area (Å²) in [5, 5.41) is 7.91. The minimum Gasteiger partial charge on any atom is -0.497 e. The highest BCUT2D eigenvalue weighted by molar-refractivity contribution is 6.30. The zero-order valence-corrected chi connectivity index (χ0v) is 19.2. The number of hydrogen-bond acceptors (Lipinski definition) is 4. The number of benzene rings is 3. The first-order valence-corrected chi connectivity index (χ1v) is 10.8. The van der Waals surface area contributed by atoms with E-state index in [0.29, 0.717) is 29.4 Å². The minimum atomic E-state index is -0.208. The molecular weight excluding hydrogens is 438 g/mol. The van der Waals surface area contributed by atoms with Crippen molar-refractivity contribution in [2.75, 3.05) is 12.4 Å². The number of nitrogens with one attached hydrogen (secondary N) is 1. The topological polar surface area (TPSA) is 65.4 Å². The van der Waals surface area contributed by atoms with Crippen LogP contribution >= 0.6 is 11.6 Å². The van der Waals surface area contributed by atoms with Crippen molar-refractivity contribution in [3.63, 3.8) is 0 Å². The standard InChI is InChI=1S/C26H24ClN3O3/c1-18-11-22(27)9-10-25(18)33-17-20-6-3-7-21(12-20)26(31)29-23-14-28-30(16-23)15-19-5-4-8-24(13-19)32-2/h3-14,16H,15,17H2,1-2H3,(H,29,31). The summed E-state index contributed by atoms with van der Waals surface area (Å²) < 4.78 is 12.9. The maximum absolute atomic E-state index is 12.8. The quantitative estimate of drug-likeness (QED) is 0.363. The summed E-state index contributed by atoms with van der Waals surface area (Å²) in [5.41, 5.74) is 4.08. The van der Waals surface area contributed by atoms with Crippen LogP contribution in [0.2, 0.25) is 5.02 Å². The van der Waals surface area contributed by atoms with Gasteiger partial charge in [-0.3, -0.25) is 9.48 Å². The number of hydrogen-bond donors (Lipinski definition) is 1. The largest absolute Gasteiger partial charge is 0.497 e. The first kappa shape index (κ1) is 22.4. The third-order valence-corrected chi connectivity index (χ3v) is 5.33. The van der Waals surface area contributed by atoms with Crippen molar-refractivity contribution < 1.29 is 14.3 Å². The second-order valence-electron chi connectivity index (χ2n) is 7.63. The molecular formula is C26H24ClN3O3. The molecule has 0 unspecified atom stereocenters. The van der Waals surface area contributed by atoms with Gasteiger partial charge < -0.3 is 14.8 Å². The summed E-state index contributed by atoms with van der Waals surface area (Å²) in [5.74, 6) is 1.35. The van der Waals surface area contributed by atoms with E-state index >= 15 is 0 Å². The number of ether oxygens (including phenoxy) is 2. The molecule has 7 heteroatoms. The summed E-state index contributed by atoms with van der Waals surface area (Å²) in [4.78, 5) is 12.8. The van der Waals surface area contributed by atoms with Gasteiger partial charge in [0.05, 0.1) is 25.5 Å². The molecule has 1 amide bonds. The van der Waals surface area contributed by atoms with E-state index in [2.05, 4.69) is 10.4 Å². The molecule has 0 spiro atoms. The number of anilines is 1. The molecule has 3 aromatic carbocycles. The van der Waals surface area contributed by atoms with Gasteiger partial charge in [0.2, 0.25) is 0 Å². The molecule has 4 rings (SSSR count). The zero-order valence-electron chi connectivity index (χ0n) is 18.4. The van der Waals surface area contributed by atoms with Crippen LogP contribution in [0, 0.1) is 6.92 Å². The Labute approximate surface area is 197 Å². The Balaban J connectivity index is 1.37. The highest BCUT2D eigenvalue weighted by Crippen LogP contribution is 2.23. The summed E-state index contributed by atoms with van der Waals surface area (Å²) in [6.45, 7) is 2.87. The Kier molecular flexibility index (Phi) is 6.95. The molecule has 0 aliphatic rings. The van der Waals surface area contributed by atoms with Crippen LogP contribution in [-0.2, 0) is 13.2 Å². The lowest BCUT2D eigenvalue weighted by Gasteiger charge is -2.10. The molecule has 33 heavy (non-hydrogen) atoms. The van der Waals surface area contributed by atoms with Crippen LogP contribution in [0.1, 0.15) is 27.0 Å². The van der Waals surface area contributed by atoms with E-state index in [1.165, 1.54) is 0 Å². The Morgan fingerprint density at radius 3 is 2.70 bits per heavy atom. The number of methoxy groups -OCH3 is 1. The number of carbonyl (C=O) groups is 1. The number of nitrogens with zero attached hydrogens (tertiary/aromatic N) is 2. The molecule has 0 radical (unpaired) electrons. The predicted octanol–water partition coefficient (Wildman–Crippen LogP) is 5.73. The number of rotatable bonds is 8. The molecule has 0 saturated carbocycles. The van der Waals surface area contributed by atoms with E-state index in [1.807, 2.05) is 61.5 Å². The fourth-order valence-electron chi connectivity index (χ4n) is 3.41. The smallest absolute Gasteiger partial charge is 0.255 e. The molecule has 0 fully saturated rings. The van der Waals surface area contributed by atoms with Gasteiger partial charge in [-0.05, 0) is 66.1 Å². The monoisotopic (exact) mass is 461 g/mol. The van der Waals surface area contributed by atoms with Gasteiger partial charge >= 0.3 is 0 Å². The lowest BCUT2D eigenvalue weighted by atomic mass is 10.1. The number of carbonyl (C=O) groups excluding carboxylic acids is 1. The first-order chi connectivity index (χ1) is 16.0. The van der Waals surface area contributed by atoms with E-state index in [-0.39, 0.29) is 5.91 Å². The molecule has 0 bridgehead atoms. The molecule has 1 N–H and O–H groups in total. The number of halogens is 1. The van der Waals surface area contributed by atoms with Crippen molar-refractivity contribution in [3.8, 4) is 11.5 Å². The fraction of sp³-hybridized carbons (Fsp3) is 0.154. The molecule has 168 valence electrons. The van der Waals surface area contributed by atoms with Gasteiger partial charge in [-0.1, -0.05) is 35.9 Å². The zero-order chi connectivity index (χ0) is 23.2. The molecule has 4 aromatic rings. The fourth-order valence-corrected chi connectivity index (χ4v) is 3.64. The maximum Gasteiger partial charge on any atom is 0.255 e. The van der Waals surface area contributed by atoms with Gasteiger partial charge in [-0.2, -0.15) is 5.10 Å². The van der Waals surface area contributed by atoms with Crippen molar-refractivity contribution in [2.24, 2.45) is 0 Å². The van der Waals surface area contributed by atoms with Gasteiger partial charge in [0.15, 0.2) is 0 Å². The van der Waals surface area contributed by atoms with Gasteiger partial charge in [0, 0.05) is 16.8 Å². The Morgan fingerprint density at radius 2 is 1.88 bits per heavy atom. The van der Waals surface area contributed by atoms with E-state index < -0.39 is 0 Å². The highest BCUT2D eigenvalue weighted by atomic mass is 35.5. The van der Waals surface area contributed by atoms with Gasteiger partial charge in [0.1, 0.15) is 18.1 Å². The van der Waals surface area contributed by atoms with Crippen molar-refractivity contribution in [1.29, 1.82) is 0 Å². The predicted molar refractivity (Wildman–Crippen MR) is 129 cm³/mol. The second-order valence-corrected chi connectivity index (χ2v) is 8.07. The lowest BCUT2D eigenvalue weighted by molar-refractivity contribution is 0.102. The second kappa shape index (κ2) is 10.2. The third kappa shape index (κ3) is 5.93. The highest BCUT2D eigenvalue weighted by Gasteiger charge is 2.10. The third-order valence-electron chi connectivity index (χ3n) is 5.09. The summed E-state index contributed by atoms with van der Waals surface area (Å²) in [6, 6.07) is 20.6. The first-order valence-electron chi connectivity index (χ1n) is 10.4. The van der Waals surface area contributed by atoms with E-state index in [1.54, 1.807) is 36.3 Å². The molecule has 0 aliphatic heterocycles. The van der Waals surface area contributed by atoms with E-state index in [9.17, 15) is 4.79 Å². The normalized spacial score (nSPS) is 10.6. The maximum atomic E-state index is 12.8. The average Bonchev–Trinajstić information content (AvgIpc) is 3.25. The Bertz CT molecular complexity index is 1270. The molecule has 0 aliphatic carbocycles. The van der Waals surface area contributed by atoms with E-state index in [0.717, 1.165) is 28.2 Å². The van der Waals surface area contributed by atoms with Crippen LogP contribution in [0.3, 0.4) is 0 Å². The van der Waals surface area contributed by atoms with E-state index in [4.69, 9.17) is 21.1 Å². The molecule has 1 heterocycles. The van der Waals surface area contributed by atoms with Crippen LogP contribution in [-0.4, -0.2) is 22.8 Å². The summed E-state index contributed by atoms with van der Waals surface area (Å²) in [6.07, 6.45) is 3.43. The van der Waals surface area contributed by atoms with Crippen LogP contribution in [0.4, 0.5) is 5.69 Å². The Hall–Kier alpha value is -3.77. The SMILES string of the molecule is COc1cccc(Cn2cc(NC(=O)c3cccc(COc4ccc(Cl)cc4C)c3)cn2)c1. The number of amides is 1. The number of aryl methyl sites for hydroxylation is 1. The number of aromatic nitrogens is 2. The molecule has 0 saturated heterocycles. The minimum absolute atomic E-state index is 0.208. The van der Waals surface area contributed by atoms with Gasteiger partial charge in [-0.25, -0.2) is 0 Å².